The fourth-order valence-electron chi connectivity index (χ4n) is 7.12. The number of fused-ring (bicyclic) bond motifs is 3. The molecule has 1 fully saturated rings. The van der Waals surface area contributed by atoms with Gasteiger partial charge in [0, 0.05) is 24.2 Å². The number of nitrogens with one attached hydrogen (secondary N) is 1. The second kappa shape index (κ2) is 12.2. The van der Waals surface area contributed by atoms with Crippen LogP contribution in [-0.2, 0) is 41.0 Å². The summed E-state index contributed by atoms with van der Waals surface area (Å²) >= 11 is 0. The smallest absolute Gasteiger partial charge is 0.325 e. The number of sulfonamides is 1. The van der Waals surface area contributed by atoms with Crippen LogP contribution in [0.5, 0.6) is 5.75 Å². The van der Waals surface area contributed by atoms with Gasteiger partial charge in [0.05, 0.1) is 38.4 Å². The molecule has 3 aromatic rings. The number of hydrogen-bond acceptors (Lipinski definition) is 9. The molecule has 1 aliphatic carbocycles. The number of aryl methyl sites for hydroxylation is 1. The van der Waals surface area contributed by atoms with Gasteiger partial charge in [0.15, 0.2) is 5.41 Å². The maximum atomic E-state index is 13.8. The maximum Gasteiger partial charge on any atom is 0.325 e. The number of carbonyl (C=O) groups is 2. The van der Waals surface area contributed by atoms with Crippen molar-refractivity contribution in [3.05, 3.63) is 89.5 Å². The van der Waals surface area contributed by atoms with E-state index in [1.54, 1.807) is 19.2 Å². The minimum absolute atomic E-state index is 0.0118. The Hall–Kier alpha value is -3.93. The normalized spacial score (nSPS) is 22.1. The van der Waals surface area contributed by atoms with Crippen LogP contribution in [-0.4, -0.2) is 65.5 Å². The first kappa shape index (κ1) is 31.5. The third kappa shape index (κ3) is 5.12. The van der Waals surface area contributed by atoms with Gasteiger partial charge in [-0.05, 0) is 67.6 Å². The quantitative estimate of drug-likeness (QED) is 0.258. The van der Waals surface area contributed by atoms with Crippen molar-refractivity contribution in [1.82, 2.24) is 4.72 Å². The molecule has 1 heterocycles. The molecule has 0 bridgehead atoms. The largest absolute Gasteiger partial charge is 0.497 e. The van der Waals surface area contributed by atoms with Gasteiger partial charge < -0.3 is 24.2 Å². The highest BCUT2D eigenvalue weighted by molar-refractivity contribution is 7.89. The Morgan fingerprint density at radius 3 is 2.20 bits per heavy atom. The number of anilines is 1. The van der Waals surface area contributed by atoms with E-state index in [-0.39, 0.29) is 37.2 Å². The summed E-state index contributed by atoms with van der Waals surface area (Å²) in [4.78, 5) is 29.7. The maximum absolute atomic E-state index is 13.8. The van der Waals surface area contributed by atoms with Crippen molar-refractivity contribution in [2.24, 2.45) is 5.41 Å². The van der Waals surface area contributed by atoms with E-state index in [1.807, 2.05) is 60.4 Å². The van der Waals surface area contributed by atoms with Crippen LogP contribution in [0.2, 0.25) is 0 Å². The number of methoxy groups -OCH3 is 3. The van der Waals surface area contributed by atoms with Gasteiger partial charge >= 0.3 is 11.9 Å². The number of aliphatic hydroxyl groups excluding tert-OH is 1. The van der Waals surface area contributed by atoms with E-state index in [2.05, 4.69) is 4.72 Å². The van der Waals surface area contributed by atoms with Gasteiger partial charge in [0.2, 0.25) is 10.0 Å². The van der Waals surface area contributed by atoms with Crippen LogP contribution in [0.25, 0.3) is 0 Å². The fourth-order valence-corrected chi connectivity index (χ4v) is 8.15. The molecule has 1 saturated carbocycles. The molecule has 2 N–H and O–H groups in total. The van der Waals surface area contributed by atoms with Gasteiger partial charge in [-0.15, -0.1) is 0 Å². The van der Waals surface area contributed by atoms with E-state index in [4.69, 9.17) is 14.2 Å². The van der Waals surface area contributed by atoms with Crippen molar-refractivity contribution in [3.63, 3.8) is 0 Å². The van der Waals surface area contributed by atoms with Crippen LogP contribution in [0.4, 0.5) is 5.69 Å². The van der Waals surface area contributed by atoms with E-state index in [9.17, 15) is 23.1 Å². The van der Waals surface area contributed by atoms with Gasteiger partial charge in [0.1, 0.15) is 5.75 Å². The Morgan fingerprint density at radius 2 is 1.59 bits per heavy atom. The molecule has 10 nitrogen and oxygen atoms in total. The van der Waals surface area contributed by atoms with E-state index >= 15 is 0 Å². The van der Waals surface area contributed by atoms with Gasteiger partial charge in [-0.2, -0.15) is 0 Å². The van der Waals surface area contributed by atoms with Crippen molar-refractivity contribution in [2.45, 2.75) is 55.2 Å². The van der Waals surface area contributed by atoms with Crippen molar-refractivity contribution in [1.29, 1.82) is 0 Å². The minimum Gasteiger partial charge on any atom is -0.497 e. The number of benzene rings is 3. The van der Waals surface area contributed by atoms with Crippen LogP contribution in [0, 0.1) is 12.3 Å². The first-order chi connectivity index (χ1) is 21.0. The van der Waals surface area contributed by atoms with Gasteiger partial charge in [-0.1, -0.05) is 48.0 Å². The summed E-state index contributed by atoms with van der Waals surface area (Å²) in [6.07, 6.45) is -0.838. The molecule has 0 spiro atoms. The Labute approximate surface area is 258 Å². The number of carbonyl (C=O) groups excluding carboxylic acids is 2. The highest BCUT2D eigenvalue weighted by Gasteiger charge is 2.71. The molecule has 0 unspecified atom stereocenters. The van der Waals surface area contributed by atoms with Crippen LogP contribution in [0.15, 0.2) is 77.7 Å². The standard InChI is InChI=1S/C33H38N2O8S/c1-22-9-15-25(16-10-22)44(39,40)34-20-19-32-26-7-5-6-8-27(26)35(21-23-11-13-24(41-2)14-12-23)29(32)33(30(37)42-3,31(38)43-4)18-17-28(32)36/h5-16,28-29,34,36H,17-21H2,1-4H3/t28-,29-,32-/m1/s1. The van der Waals surface area contributed by atoms with E-state index in [1.165, 1.54) is 26.4 Å². The molecule has 0 saturated heterocycles. The Balaban J connectivity index is 1.64. The van der Waals surface area contributed by atoms with Crippen molar-refractivity contribution >= 4 is 27.6 Å². The monoisotopic (exact) mass is 622 g/mol. The molecular weight excluding hydrogens is 584 g/mol. The number of nitrogens with zero attached hydrogens (tertiary/aromatic N) is 1. The average Bonchev–Trinajstić information content (AvgIpc) is 3.32. The van der Waals surface area contributed by atoms with Crippen molar-refractivity contribution < 1.29 is 37.3 Å². The first-order valence-corrected chi connectivity index (χ1v) is 15.9. The van der Waals surface area contributed by atoms with E-state index in [0.717, 1.165) is 22.4 Å². The SMILES string of the molecule is COC(=O)C1(C(=O)OC)CC[C@@H](O)[C@@]2(CCNS(=O)(=O)c3ccc(C)cc3)c3ccccc3N(Cc3ccc(OC)cc3)[C@@H]12. The molecule has 2 aliphatic rings. The lowest BCUT2D eigenvalue weighted by Gasteiger charge is -2.53. The highest BCUT2D eigenvalue weighted by atomic mass is 32.2. The zero-order valence-corrected chi connectivity index (χ0v) is 26.1. The number of esters is 2. The summed E-state index contributed by atoms with van der Waals surface area (Å²) in [6.45, 7) is 2.09. The summed E-state index contributed by atoms with van der Waals surface area (Å²) in [6, 6.07) is 20.5. The molecule has 3 aromatic carbocycles. The third-order valence-corrected chi connectivity index (χ3v) is 10.6. The topological polar surface area (TPSA) is 131 Å². The van der Waals surface area contributed by atoms with Crippen LogP contribution in [0.3, 0.4) is 0 Å². The minimum atomic E-state index is -3.88. The summed E-state index contributed by atoms with van der Waals surface area (Å²) in [7, 11) is 0.151. The molecule has 234 valence electrons. The fraction of sp³-hybridized carbons (Fsp3) is 0.394. The second-order valence-corrected chi connectivity index (χ2v) is 13.2. The van der Waals surface area contributed by atoms with Crippen LogP contribution < -0.4 is 14.4 Å². The molecule has 0 radical (unpaired) electrons. The Kier molecular flexibility index (Phi) is 8.75. The number of para-hydroxylation sites is 1. The predicted octanol–water partition coefficient (Wildman–Crippen LogP) is 3.49. The predicted molar refractivity (Wildman–Crippen MR) is 164 cm³/mol. The van der Waals surface area contributed by atoms with Crippen molar-refractivity contribution in [3.8, 4) is 5.75 Å². The molecule has 3 atom stereocenters. The first-order valence-electron chi connectivity index (χ1n) is 14.5. The average molecular weight is 623 g/mol. The third-order valence-electron chi connectivity index (χ3n) is 9.16. The molecule has 44 heavy (non-hydrogen) atoms. The lowest BCUT2D eigenvalue weighted by Crippen LogP contribution is -2.68. The van der Waals surface area contributed by atoms with Crippen molar-refractivity contribution in [2.75, 3.05) is 32.8 Å². The lowest BCUT2D eigenvalue weighted by molar-refractivity contribution is -0.179. The van der Waals surface area contributed by atoms with Crippen LogP contribution in [0.1, 0.15) is 36.0 Å². The molecule has 0 amide bonds. The van der Waals surface area contributed by atoms with Gasteiger partial charge in [-0.25, -0.2) is 13.1 Å². The molecule has 11 heteroatoms. The summed E-state index contributed by atoms with van der Waals surface area (Å²) < 4.78 is 45.1. The zero-order chi connectivity index (χ0) is 31.7. The van der Waals surface area contributed by atoms with Crippen LogP contribution >= 0.6 is 0 Å². The number of hydrogen-bond donors (Lipinski definition) is 2. The van der Waals surface area contributed by atoms with E-state index < -0.39 is 44.9 Å². The molecule has 0 aromatic heterocycles. The summed E-state index contributed by atoms with van der Waals surface area (Å²) in [5.74, 6) is -0.853. The van der Waals surface area contributed by atoms with Gasteiger partial charge in [0.25, 0.3) is 0 Å². The molecular formula is C33H38N2O8S. The zero-order valence-electron chi connectivity index (χ0n) is 25.3. The second-order valence-electron chi connectivity index (χ2n) is 11.4. The Morgan fingerprint density at radius 1 is 0.955 bits per heavy atom. The van der Waals surface area contributed by atoms with E-state index in [0.29, 0.717) is 5.75 Å². The number of aliphatic hydroxyl groups is 1. The van der Waals surface area contributed by atoms with Gasteiger partial charge in [-0.3, -0.25) is 9.59 Å². The molecule has 5 rings (SSSR count). The number of ether oxygens (including phenoxy) is 3. The summed E-state index contributed by atoms with van der Waals surface area (Å²) in [5, 5.41) is 11.9. The number of rotatable bonds is 10. The molecule has 1 aliphatic heterocycles. The summed E-state index contributed by atoms with van der Waals surface area (Å²) in [5.41, 5.74) is 0.215. The Bertz CT molecular complexity index is 1610. The lowest BCUT2D eigenvalue weighted by atomic mass is 9.54. The highest BCUT2D eigenvalue weighted by Crippen LogP contribution is 2.60.